The van der Waals surface area contributed by atoms with Gasteiger partial charge in [-0.1, -0.05) is 13.8 Å². The van der Waals surface area contributed by atoms with E-state index in [0.717, 1.165) is 6.54 Å². The molecule has 0 spiro atoms. The number of furan rings is 1. The Labute approximate surface area is 133 Å². The van der Waals surface area contributed by atoms with Gasteiger partial charge in [0.25, 0.3) is 5.91 Å². The van der Waals surface area contributed by atoms with E-state index < -0.39 is 0 Å². The van der Waals surface area contributed by atoms with Crippen molar-refractivity contribution in [2.45, 2.75) is 20.4 Å². The van der Waals surface area contributed by atoms with Crippen LogP contribution in [0.25, 0.3) is 11.5 Å². The summed E-state index contributed by atoms with van der Waals surface area (Å²) in [7, 11) is 1.77. The molecule has 0 aliphatic carbocycles. The van der Waals surface area contributed by atoms with Crippen molar-refractivity contribution in [3.63, 3.8) is 0 Å². The van der Waals surface area contributed by atoms with Gasteiger partial charge in [0.2, 0.25) is 0 Å². The lowest BCUT2D eigenvalue weighted by Gasteiger charge is -2.04. The van der Waals surface area contributed by atoms with Crippen LogP contribution in [0.1, 0.15) is 24.2 Å². The number of aromatic nitrogens is 4. The number of rotatable bonds is 5. The highest BCUT2D eigenvalue weighted by atomic mass is 16.3. The van der Waals surface area contributed by atoms with Gasteiger partial charge in [0, 0.05) is 25.9 Å². The molecular weight excluding hydrogens is 294 g/mol. The van der Waals surface area contributed by atoms with Crippen molar-refractivity contribution < 1.29 is 9.21 Å². The molecule has 0 bridgehead atoms. The molecule has 3 rings (SSSR count). The SMILES string of the molecule is CC(C)Cn1cc(C(=O)Nc2cc(-c3ccco3)nn2C)cn1. The van der Waals surface area contributed by atoms with Gasteiger partial charge < -0.3 is 9.73 Å². The molecule has 0 atom stereocenters. The van der Waals surface area contributed by atoms with E-state index in [0.29, 0.717) is 28.8 Å². The molecular formula is C16H19N5O2. The van der Waals surface area contributed by atoms with Gasteiger partial charge in [-0.25, -0.2) is 0 Å². The minimum absolute atomic E-state index is 0.214. The van der Waals surface area contributed by atoms with E-state index in [9.17, 15) is 4.79 Å². The Morgan fingerprint density at radius 3 is 2.96 bits per heavy atom. The third kappa shape index (κ3) is 3.33. The van der Waals surface area contributed by atoms with E-state index in [1.807, 2.05) is 6.07 Å². The predicted molar refractivity (Wildman–Crippen MR) is 85.9 cm³/mol. The highest BCUT2D eigenvalue weighted by Crippen LogP contribution is 2.21. The number of amides is 1. The van der Waals surface area contributed by atoms with Crippen molar-refractivity contribution in [3.05, 3.63) is 42.4 Å². The lowest BCUT2D eigenvalue weighted by molar-refractivity contribution is 0.102. The van der Waals surface area contributed by atoms with E-state index in [1.54, 1.807) is 47.2 Å². The normalized spacial score (nSPS) is 11.1. The lowest BCUT2D eigenvalue weighted by Crippen LogP contribution is -2.14. The maximum absolute atomic E-state index is 12.3. The van der Waals surface area contributed by atoms with E-state index >= 15 is 0 Å². The number of anilines is 1. The molecule has 3 aromatic rings. The first-order valence-corrected chi connectivity index (χ1v) is 7.44. The highest BCUT2D eigenvalue weighted by molar-refractivity contribution is 6.03. The lowest BCUT2D eigenvalue weighted by atomic mass is 10.2. The zero-order valence-electron chi connectivity index (χ0n) is 13.4. The molecule has 3 heterocycles. The summed E-state index contributed by atoms with van der Waals surface area (Å²) in [5.41, 5.74) is 1.19. The largest absolute Gasteiger partial charge is 0.463 e. The number of nitrogens with one attached hydrogen (secondary N) is 1. The van der Waals surface area contributed by atoms with Crippen molar-refractivity contribution in [2.75, 3.05) is 5.32 Å². The predicted octanol–water partition coefficient (Wildman–Crippen LogP) is 2.78. The van der Waals surface area contributed by atoms with Gasteiger partial charge in [0.05, 0.1) is 18.0 Å². The first kappa shape index (κ1) is 15.1. The summed E-state index contributed by atoms with van der Waals surface area (Å²) >= 11 is 0. The number of hydrogen-bond donors (Lipinski definition) is 1. The second-order valence-electron chi connectivity index (χ2n) is 5.81. The molecule has 0 radical (unpaired) electrons. The third-order valence-electron chi connectivity index (χ3n) is 3.34. The quantitative estimate of drug-likeness (QED) is 0.785. The minimum atomic E-state index is -0.214. The molecule has 0 unspecified atom stereocenters. The smallest absolute Gasteiger partial charge is 0.259 e. The van der Waals surface area contributed by atoms with E-state index in [1.165, 1.54) is 0 Å². The molecule has 0 aliphatic rings. The molecule has 0 saturated carbocycles. The van der Waals surface area contributed by atoms with Crippen molar-refractivity contribution in [1.29, 1.82) is 0 Å². The van der Waals surface area contributed by atoms with Crippen LogP contribution in [0.5, 0.6) is 0 Å². The molecule has 23 heavy (non-hydrogen) atoms. The van der Waals surface area contributed by atoms with Gasteiger partial charge in [-0.3, -0.25) is 14.2 Å². The van der Waals surface area contributed by atoms with E-state index in [2.05, 4.69) is 29.4 Å². The Bertz CT molecular complexity index is 798. The molecule has 0 aliphatic heterocycles. The van der Waals surface area contributed by atoms with Gasteiger partial charge in [-0.05, 0) is 18.1 Å². The number of aryl methyl sites for hydroxylation is 1. The van der Waals surface area contributed by atoms with Crippen LogP contribution in [-0.2, 0) is 13.6 Å². The average Bonchev–Trinajstić information content (AvgIpc) is 3.20. The monoisotopic (exact) mass is 313 g/mol. The minimum Gasteiger partial charge on any atom is -0.463 e. The van der Waals surface area contributed by atoms with Crippen LogP contribution in [0.4, 0.5) is 5.82 Å². The number of carbonyl (C=O) groups excluding carboxylic acids is 1. The molecule has 3 aromatic heterocycles. The molecule has 120 valence electrons. The summed E-state index contributed by atoms with van der Waals surface area (Å²) < 4.78 is 8.70. The molecule has 0 saturated heterocycles. The Hall–Kier alpha value is -2.83. The molecule has 1 amide bonds. The number of hydrogen-bond acceptors (Lipinski definition) is 4. The molecule has 7 heteroatoms. The van der Waals surface area contributed by atoms with Gasteiger partial charge in [-0.15, -0.1) is 0 Å². The van der Waals surface area contributed by atoms with Crippen LogP contribution in [0.15, 0.2) is 41.3 Å². The van der Waals surface area contributed by atoms with Crippen molar-refractivity contribution in [3.8, 4) is 11.5 Å². The average molecular weight is 313 g/mol. The second kappa shape index (κ2) is 6.12. The van der Waals surface area contributed by atoms with Crippen LogP contribution in [0.2, 0.25) is 0 Å². The Balaban J connectivity index is 1.74. The summed E-state index contributed by atoms with van der Waals surface area (Å²) in [6.07, 6.45) is 4.91. The van der Waals surface area contributed by atoms with Crippen molar-refractivity contribution in [2.24, 2.45) is 13.0 Å². The van der Waals surface area contributed by atoms with E-state index in [-0.39, 0.29) is 5.91 Å². The first-order valence-electron chi connectivity index (χ1n) is 7.44. The van der Waals surface area contributed by atoms with Gasteiger partial charge >= 0.3 is 0 Å². The second-order valence-corrected chi connectivity index (χ2v) is 5.81. The van der Waals surface area contributed by atoms with Crippen molar-refractivity contribution in [1.82, 2.24) is 19.6 Å². The Kier molecular flexibility index (Phi) is 4.01. The summed E-state index contributed by atoms with van der Waals surface area (Å²) in [6, 6.07) is 5.39. The Morgan fingerprint density at radius 1 is 1.43 bits per heavy atom. The van der Waals surface area contributed by atoms with Gasteiger partial charge in [0.15, 0.2) is 5.76 Å². The summed E-state index contributed by atoms with van der Waals surface area (Å²) in [4.78, 5) is 12.3. The zero-order chi connectivity index (χ0) is 16.4. The highest BCUT2D eigenvalue weighted by Gasteiger charge is 2.14. The molecule has 1 N–H and O–H groups in total. The summed E-state index contributed by atoms with van der Waals surface area (Å²) in [6.45, 7) is 4.99. The fraction of sp³-hybridized carbons (Fsp3) is 0.312. The topological polar surface area (TPSA) is 77.9 Å². The standard InChI is InChI=1S/C16H19N5O2/c1-11(2)9-21-10-12(8-17-21)16(22)18-15-7-13(19-20(15)3)14-5-4-6-23-14/h4-8,10-11H,9H2,1-3H3,(H,18,22). The maximum Gasteiger partial charge on any atom is 0.259 e. The molecule has 0 aromatic carbocycles. The van der Waals surface area contributed by atoms with E-state index in [4.69, 9.17) is 4.42 Å². The van der Waals surface area contributed by atoms with Crippen LogP contribution >= 0.6 is 0 Å². The summed E-state index contributed by atoms with van der Waals surface area (Å²) in [5, 5.41) is 11.4. The van der Waals surface area contributed by atoms with Gasteiger partial charge in [-0.2, -0.15) is 10.2 Å². The van der Waals surface area contributed by atoms with Crippen LogP contribution < -0.4 is 5.32 Å². The van der Waals surface area contributed by atoms with Crippen molar-refractivity contribution >= 4 is 11.7 Å². The summed E-state index contributed by atoms with van der Waals surface area (Å²) in [5.74, 6) is 1.51. The van der Waals surface area contributed by atoms with Crippen LogP contribution in [0.3, 0.4) is 0 Å². The number of carbonyl (C=O) groups is 1. The fourth-order valence-electron chi connectivity index (χ4n) is 2.27. The first-order chi connectivity index (χ1) is 11.0. The zero-order valence-corrected chi connectivity index (χ0v) is 13.4. The molecule has 0 fully saturated rings. The van der Waals surface area contributed by atoms with Crippen LogP contribution in [0, 0.1) is 5.92 Å². The number of nitrogens with zero attached hydrogens (tertiary/aromatic N) is 4. The molecule has 7 nitrogen and oxygen atoms in total. The van der Waals surface area contributed by atoms with Crippen LogP contribution in [-0.4, -0.2) is 25.5 Å². The Morgan fingerprint density at radius 2 is 2.26 bits per heavy atom. The maximum atomic E-state index is 12.3. The third-order valence-corrected chi connectivity index (χ3v) is 3.34. The fourth-order valence-corrected chi connectivity index (χ4v) is 2.27. The van der Waals surface area contributed by atoms with Gasteiger partial charge in [0.1, 0.15) is 11.5 Å².